The van der Waals surface area contributed by atoms with Gasteiger partial charge in [-0.15, -0.1) is 0 Å². The van der Waals surface area contributed by atoms with Crippen LogP contribution in [0.1, 0.15) is 95.5 Å². The van der Waals surface area contributed by atoms with E-state index >= 15 is 0 Å². The van der Waals surface area contributed by atoms with Gasteiger partial charge in [0.05, 0.1) is 32.3 Å². The van der Waals surface area contributed by atoms with Gasteiger partial charge in [0.2, 0.25) is 53.2 Å². The third kappa shape index (κ3) is 25.0. The minimum absolute atomic E-state index is 0.0355. The molecule has 0 aliphatic carbocycles. The molecular weight excluding hydrogens is 1170 g/mol. The highest BCUT2D eigenvalue weighted by molar-refractivity contribution is 6.00. The van der Waals surface area contributed by atoms with Crippen LogP contribution in [0.3, 0.4) is 0 Å². The number of unbranched alkanes of at least 4 members (excludes halogenated alkanes) is 1. The summed E-state index contributed by atoms with van der Waals surface area (Å²) >= 11 is 0. The molecule has 3 rings (SSSR count). The zero-order valence-corrected chi connectivity index (χ0v) is 47.5. The number of benzene rings is 1. The zero-order chi connectivity index (χ0) is 65.8. The fourth-order valence-electron chi connectivity index (χ4n) is 8.75. The molecule has 1 aromatic rings. The first-order valence-corrected chi connectivity index (χ1v) is 27.5. The van der Waals surface area contributed by atoms with E-state index in [1.165, 1.54) is 24.3 Å². The van der Waals surface area contributed by atoms with Crippen molar-refractivity contribution in [2.45, 2.75) is 157 Å². The SMILES string of the molecule is NCCCC[C@@H]1N=C([C@H](CC(N)=O)NC(=O)[C@H](CC(=O)O)NC(=O)[C@H]2CCCN2C(=O)[C@H](CC(=O)O)NC(=O)[C@@H](Cc2ccc(O)cc2)NC(=O)[C@@H](N)CO)OOC(=O)CC[C@H](C(=O)N[C@H](CCCN=C(N)N)C(=O)O)NC(=O)[C@H](CCC(=O)O)NC1=O. The molecule has 0 radical (unpaired) electrons. The van der Waals surface area contributed by atoms with Gasteiger partial charge in [0.15, 0.2) is 5.96 Å². The Bertz CT molecular complexity index is 2760. The van der Waals surface area contributed by atoms with Gasteiger partial charge in [-0.2, -0.15) is 0 Å². The number of aliphatic hydroxyl groups excluding tert-OH is 1. The summed E-state index contributed by atoms with van der Waals surface area (Å²) in [5.41, 5.74) is 27.9. The summed E-state index contributed by atoms with van der Waals surface area (Å²) in [6.07, 6.45) is -7.01. The number of nitrogens with two attached hydrogens (primary N) is 5. The first-order chi connectivity index (χ1) is 41.5. The van der Waals surface area contributed by atoms with Crippen molar-refractivity contribution < 1.29 is 108 Å². The number of carboxylic acid groups (broad SMARTS) is 4. The van der Waals surface area contributed by atoms with Crippen molar-refractivity contribution in [2.75, 3.05) is 26.2 Å². The normalized spacial score (nSPS) is 19.2. The molecule has 37 nitrogen and oxygen atoms in total. The number of phenols is 1. The van der Waals surface area contributed by atoms with Crippen molar-refractivity contribution >= 4 is 94.9 Å². The molecule has 1 fully saturated rings. The Hall–Kier alpha value is -9.78. The number of aliphatic hydroxyl groups is 1. The summed E-state index contributed by atoms with van der Waals surface area (Å²) in [5.74, 6) is -19.9. The van der Waals surface area contributed by atoms with Crippen LogP contribution in [-0.2, 0) is 83.3 Å². The van der Waals surface area contributed by atoms with Crippen LogP contribution in [0.15, 0.2) is 34.3 Å². The van der Waals surface area contributed by atoms with Gasteiger partial charge in [-0.3, -0.25) is 67.4 Å². The van der Waals surface area contributed by atoms with E-state index in [1.54, 1.807) is 0 Å². The predicted octanol–water partition coefficient (Wildman–Crippen LogP) is -7.37. The minimum atomic E-state index is -2.15. The van der Waals surface area contributed by atoms with Crippen molar-refractivity contribution in [2.24, 2.45) is 38.7 Å². The highest BCUT2D eigenvalue weighted by atomic mass is 17.2. The number of nitrogens with zero attached hydrogens (tertiary/aromatic N) is 3. The average Bonchev–Trinajstić information content (AvgIpc) is 2.85. The largest absolute Gasteiger partial charge is 0.508 e. The Morgan fingerprint density at radius 2 is 1.35 bits per heavy atom. The van der Waals surface area contributed by atoms with Gasteiger partial charge in [0.1, 0.15) is 66.2 Å². The number of primary amides is 1. The van der Waals surface area contributed by atoms with E-state index in [-0.39, 0.29) is 82.7 Å². The van der Waals surface area contributed by atoms with E-state index in [1.807, 2.05) is 0 Å². The monoisotopic (exact) mass is 1250 g/mol. The smallest absolute Gasteiger partial charge is 0.355 e. The molecule has 486 valence electrons. The van der Waals surface area contributed by atoms with Crippen LogP contribution in [0, 0.1) is 0 Å². The molecule has 2 aliphatic heterocycles. The van der Waals surface area contributed by atoms with E-state index in [0.717, 1.165) is 4.90 Å². The van der Waals surface area contributed by atoms with E-state index in [9.17, 15) is 97.8 Å². The van der Waals surface area contributed by atoms with Crippen LogP contribution in [0.5, 0.6) is 5.75 Å². The second-order valence-corrected chi connectivity index (χ2v) is 20.2. The summed E-state index contributed by atoms with van der Waals surface area (Å²) in [4.78, 5) is 205. The summed E-state index contributed by atoms with van der Waals surface area (Å²) < 4.78 is 0. The molecule has 0 saturated carbocycles. The maximum absolute atomic E-state index is 14.3. The number of carbonyl (C=O) groups is 14. The Morgan fingerprint density at radius 1 is 0.716 bits per heavy atom. The fourth-order valence-corrected chi connectivity index (χ4v) is 8.75. The molecule has 9 amide bonds. The van der Waals surface area contributed by atoms with Crippen LogP contribution in [0.4, 0.5) is 0 Å². The number of aliphatic carboxylic acids is 4. The number of amides is 9. The lowest BCUT2D eigenvalue weighted by Gasteiger charge is -2.30. The predicted molar refractivity (Wildman–Crippen MR) is 298 cm³/mol. The molecule has 88 heavy (non-hydrogen) atoms. The lowest BCUT2D eigenvalue weighted by atomic mass is 10.0. The zero-order valence-electron chi connectivity index (χ0n) is 47.5. The molecule has 0 spiro atoms. The molecule has 1 aromatic carbocycles. The summed E-state index contributed by atoms with van der Waals surface area (Å²) in [6.45, 7) is -1.10. The van der Waals surface area contributed by atoms with Gasteiger partial charge in [0, 0.05) is 25.9 Å². The van der Waals surface area contributed by atoms with E-state index in [2.05, 4.69) is 47.2 Å². The minimum Gasteiger partial charge on any atom is -0.508 e. The van der Waals surface area contributed by atoms with Crippen molar-refractivity contribution in [3.8, 4) is 5.75 Å². The molecular formula is C51H75N15O22. The van der Waals surface area contributed by atoms with Gasteiger partial charge in [-0.25, -0.2) is 19.5 Å². The number of carbonyl (C=O) groups excluding carboxylic acids is 10. The molecule has 0 unspecified atom stereocenters. The lowest BCUT2D eigenvalue weighted by Crippen LogP contribution is -2.60. The Kier molecular flexibility index (Phi) is 29.9. The number of hydrogen-bond acceptors (Lipinski definition) is 22. The Balaban J connectivity index is 2.04. The van der Waals surface area contributed by atoms with Gasteiger partial charge in [-0.1, -0.05) is 12.1 Å². The number of carboxylic acids is 4. The van der Waals surface area contributed by atoms with Crippen LogP contribution in [0.2, 0.25) is 0 Å². The first kappa shape index (κ1) is 72.5. The van der Waals surface area contributed by atoms with Crippen LogP contribution >= 0.6 is 0 Å². The first-order valence-electron chi connectivity index (χ1n) is 27.5. The highest BCUT2D eigenvalue weighted by Gasteiger charge is 2.42. The molecule has 2 aliphatic rings. The van der Waals surface area contributed by atoms with Crippen molar-refractivity contribution in [1.82, 2.24) is 42.1 Å². The second-order valence-electron chi connectivity index (χ2n) is 20.2. The number of aromatic hydroxyl groups is 1. The highest BCUT2D eigenvalue weighted by Crippen LogP contribution is 2.21. The van der Waals surface area contributed by atoms with Crippen molar-refractivity contribution in [3.05, 3.63) is 29.8 Å². The van der Waals surface area contributed by atoms with Crippen LogP contribution in [0.25, 0.3) is 0 Å². The third-order valence-electron chi connectivity index (χ3n) is 13.3. The second kappa shape index (κ2) is 36.3. The number of guanidine groups is 1. The molecule has 10 atom stereocenters. The van der Waals surface area contributed by atoms with Gasteiger partial charge in [-0.05, 0) is 82.0 Å². The Labute approximate surface area is 500 Å². The number of likely N-dealkylation sites (tertiary alicyclic amines) is 1. The fraction of sp³-hybridized carbons (Fsp3) is 0.569. The molecule has 0 bridgehead atoms. The van der Waals surface area contributed by atoms with E-state index < -0.39 is 201 Å². The number of aliphatic imine (C=N–C) groups is 2. The maximum Gasteiger partial charge on any atom is 0.355 e. The van der Waals surface area contributed by atoms with Gasteiger partial charge < -0.3 is 101 Å². The quantitative estimate of drug-likeness (QED) is 0.0135. The summed E-state index contributed by atoms with van der Waals surface area (Å²) in [7, 11) is 0. The standard InChI is InChI=1S/C51H75N15O22/c52-16-2-1-5-27-42(78)58-28(12-14-37(70)71)43(79)59-29(44(80)60-30(50(85)86)6-3-17-57-51(55)56)13-15-40(76)87-88-48(65-27)33(20-36(54)69)63-46(82)32(21-38(72)73)62-47(83)35-7-4-18-66(35)49(84)34(22-39(74)75)64-45(81)31(61-41(77)26(53)23-67)19-24-8-10-25(68)11-9-24/h8-11,26-35,67-68H,1-7,12-23,52-53H2,(H2,54,69)(H,58,78)(H,59,79)(H,60,80)(H,61,77)(H,62,83)(H,63,82)(H,64,81)(H,70,71)(H,72,73)(H,74,75)(H,85,86)(H4,55,56,57)/t26-,27-,28-,29+,30+,31+,32-,33-,34-,35+/m0/s1. The molecule has 1 saturated heterocycles. The van der Waals surface area contributed by atoms with Crippen molar-refractivity contribution in [1.29, 1.82) is 0 Å². The van der Waals surface area contributed by atoms with Crippen LogP contribution in [-0.4, -0.2) is 217 Å². The number of rotatable bonds is 33. The topological polar surface area (TPSA) is 621 Å². The van der Waals surface area contributed by atoms with Gasteiger partial charge in [0.25, 0.3) is 5.90 Å². The summed E-state index contributed by atoms with van der Waals surface area (Å²) in [5, 5.41) is 74.3. The summed E-state index contributed by atoms with van der Waals surface area (Å²) in [6, 6.07) is -12.5. The average molecular weight is 1250 g/mol. The van der Waals surface area contributed by atoms with Crippen molar-refractivity contribution in [3.63, 3.8) is 0 Å². The molecule has 23 N–H and O–H groups in total. The molecule has 2 heterocycles. The number of hydrogen-bond donors (Lipinski definition) is 18. The molecule has 0 aromatic heterocycles. The number of nitrogens with one attached hydrogen (secondary N) is 7. The molecule has 37 heteroatoms. The van der Waals surface area contributed by atoms with Crippen LogP contribution < -0.4 is 65.9 Å². The number of phenolic OH excluding ortho intramolecular Hbond substituents is 1. The third-order valence-corrected chi connectivity index (χ3v) is 13.3. The van der Waals surface area contributed by atoms with Gasteiger partial charge >= 0.3 is 29.8 Å². The van der Waals surface area contributed by atoms with E-state index in [0.29, 0.717) is 5.56 Å². The Morgan fingerprint density at radius 3 is 1.95 bits per heavy atom. The maximum atomic E-state index is 14.3. The van der Waals surface area contributed by atoms with E-state index in [4.69, 9.17) is 38.4 Å². The lowest BCUT2D eigenvalue weighted by molar-refractivity contribution is -0.224.